The number of para-hydroxylation sites is 2. The number of carbonyl (C=O) groups excluding carboxylic acids is 2. The van der Waals surface area contributed by atoms with Crippen LogP contribution >= 0.6 is 11.3 Å². The predicted molar refractivity (Wildman–Crippen MR) is 119 cm³/mol. The van der Waals surface area contributed by atoms with Gasteiger partial charge in [0.05, 0.1) is 16.9 Å². The number of nitrogens with one attached hydrogen (secondary N) is 2. The summed E-state index contributed by atoms with van der Waals surface area (Å²) in [4.78, 5) is 26.1. The fourth-order valence-electron chi connectivity index (χ4n) is 2.87. The highest BCUT2D eigenvalue weighted by atomic mass is 32.1. The molecule has 29 heavy (non-hydrogen) atoms. The second kappa shape index (κ2) is 8.32. The molecule has 0 atom stereocenters. The lowest BCUT2D eigenvalue weighted by Crippen LogP contribution is -2.26. The van der Waals surface area contributed by atoms with Crippen molar-refractivity contribution in [2.75, 3.05) is 11.1 Å². The van der Waals surface area contributed by atoms with Crippen LogP contribution in [0.5, 0.6) is 0 Å². The fourth-order valence-corrected chi connectivity index (χ4v) is 3.61. The van der Waals surface area contributed by atoms with Gasteiger partial charge in [0.1, 0.15) is 0 Å². The van der Waals surface area contributed by atoms with Gasteiger partial charge in [-0.3, -0.25) is 9.59 Å². The summed E-state index contributed by atoms with van der Waals surface area (Å²) < 4.78 is 0. The van der Waals surface area contributed by atoms with E-state index in [2.05, 4.69) is 10.6 Å². The van der Waals surface area contributed by atoms with E-state index >= 15 is 0 Å². The minimum atomic E-state index is -0.233. The van der Waals surface area contributed by atoms with Crippen LogP contribution in [0.3, 0.4) is 0 Å². The zero-order valence-electron chi connectivity index (χ0n) is 15.7. The molecule has 1 aromatic heterocycles. The van der Waals surface area contributed by atoms with Crippen molar-refractivity contribution in [3.8, 4) is 0 Å². The van der Waals surface area contributed by atoms with Crippen LogP contribution in [0.25, 0.3) is 11.6 Å². The average molecular weight is 404 g/mol. The van der Waals surface area contributed by atoms with Crippen LogP contribution in [0.1, 0.15) is 33.6 Å². The molecule has 4 rings (SSSR count). The summed E-state index contributed by atoms with van der Waals surface area (Å²) in [5.41, 5.74) is 8.99. The Bertz CT molecular complexity index is 1050. The topological polar surface area (TPSA) is 84.2 Å². The van der Waals surface area contributed by atoms with E-state index in [1.165, 1.54) is 11.3 Å². The van der Waals surface area contributed by atoms with Gasteiger partial charge in [0.25, 0.3) is 11.8 Å². The summed E-state index contributed by atoms with van der Waals surface area (Å²) in [6, 6.07) is 18.4. The SMILES string of the molecule is Nc1ccccc1NC(=O)c1ccc(/C=C(/C(=O)NC2CC2)c2cccs2)cc1. The molecular formula is C23H21N3O2S. The Labute approximate surface area is 173 Å². The molecule has 6 heteroatoms. The van der Waals surface area contributed by atoms with Crippen molar-refractivity contribution < 1.29 is 9.59 Å². The molecule has 3 aromatic rings. The zero-order chi connectivity index (χ0) is 20.2. The van der Waals surface area contributed by atoms with Gasteiger partial charge in [-0.2, -0.15) is 0 Å². The number of benzene rings is 2. The second-order valence-electron chi connectivity index (χ2n) is 6.95. The minimum absolute atomic E-state index is 0.0590. The number of nitrogens with two attached hydrogens (primary N) is 1. The van der Waals surface area contributed by atoms with Crippen LogP contribution in [0.2, 0.25) is 0 Å². The number of rotatable bonds is 6. The third kappa shape index (κ3) is 4.73. The van der Waals surface area contributed by atoms with Crippen molar-refractivity contribution in [1.29, 1.82) is 0 Å². The summed E-state index contributed by atoms with van der Waals surface area (Å²) >= 11 is 1.53. The molecule has 4 N–H and O–H groups in total. The van der Waals surface area contributed by atoms with Crippen LogP contribution in [0.4, 0.5) is 11.4 Å². The number of amides is 2. The maximum Gasteiger partial charge on any atom is 0.255 e. The number of hydrogen-bond donors (Lipinski definition) is 3. The molecule has 2 aromatic carbocycles. The van der Waals surface area contributed by atoms with Crippen LogP contribution in [0, 0.1) is 0 Å². The maximum atomic E-state index is 12.7. The van der Waals surface area contributed by atoms with Gasteiger partial charge in [-0.15, -0.1) is 11.3 Å². The molecule has 1 saturated carbocycles. The van der Waals surface area contributed by atoms with E-state index in [-0.39, 0.29) is 11.8 Å². The van der Waals surface area contributed by atoms with E-state index in [4.69, 9.17) is 5.73 Å². The summed E-state index contributed by atoms with van der Waals surface area (Å²) in [7, 11) is 0. The standard InChI is InChI=1S/C23H21N3O2S/c24-19-4-1-2-5-20(19)26-22(27)16-9-7-15(8-10-16)14-18(21-6-3-13-29-21)23(28)25-17-11-12-17/h1-10,13-14,17H,11-12,24H2,(H,25,28)(H,26,27)/b18-14+. The van der Waals surface area contributed by atoms with Gasteiger partial charge in [0, 0.05) is 16.5 Å². The van der Waals surface area contributed by atoms with E-state index in [1.807, 2.05) is 47.9 Å². The number of hydrogen-bond acceptors (Lipinski definition) is 4. The average Bonchev–Trinajstić information content (AvgIpc) is 3.37. The van der Waals surface area contributed by atoms with Crippen LogP contribution in [-0.4, -0.2) is 17.9 Å². The number of anilines is 2. The van der Waals surface area contributed by atoms with Gasteiger partial charge in [0.15, 0.2) is 0 Å². The van der Waals surface area contributed by atoms with Crippen LogP contribution in [-0.2, 0) is 4.79 Å². The molecule has 0 radical (unpaired) electrons. The first-order chi connectivity index (χ1) is 14.1. The van der Waals surface area contributed by atoms with Crippen molar-refractivity contribution in [3.05, 3.63) is 82.0 Å². The van der Waals surface area contributed by atoms with Crippen molar-refractivity contribution in [3.63, 3.8) is 0 Å². The van der Waals surface area contributed by atoms with Gasteiger partial charge in [-0.25, -0.2) is 0 Å². The highest BCUT2D eigenvalue weighted by Crippen LogP contribution is 2.26. The largest absolute Gasteiger partial charge is 0.397 e. The van der Waals surface area contributed by atoms with Crippen molar-refractivity contribution in [1.82, 2.24) is 5.32 Å². The zero-order valence-corrected chi connectivity index (χ0v) is 16.5. The van der Waals surface area contributed by atoms with E-state index in [9.17, 15) is 9.59 Å². The van der Waals surface area contributed by atoms with Gasteiger partial charge in [0.2, 0.25) is 0 Å². The Kier molecular flexibility index (Phi) is 5.44. The van der Waals surface area contributed by atoms with Gasteiger partial charge in [-0.1, -0.05) is 30.3 Å². The number of thiophene rings is 1. The lowest BCUT2D eigenvalue weighted by atomic mass is 10.1. The second-order valence-corrected chi connectivity index (χ2v) is 7.89. The first-order valence-electron chi connectivity index (χ1n) is 9.42. The monoisotopic (exact) mass is 403 g/mol. The maximum absolute atomic E-state index is 12.7. The molecule has 2 amide bonds. The van der Waals surface area contributed by atoms with E-state index in [0.717, 1.165) is 23.3 Å². The van der Waals surface area contributed by atoms with Crippen molar-refractivity contribution in [2.45, 2.75) is 18.9 Å². The highest BCUT2D eigenvalue weighted by Gasteiger charge is 2.25. The molecule has 1 fully saturated rings. The quantitative estimate of drug-likeness (QED) is 0.421. The summed E-state index contributed by atoms with van der Waals surface area (Å²) in [5, 5.41) is 7.82. The van der Waals surface area contributed by atoms with Gasteiger partial charge in [-0.05, 0) is 60.2 Å². The third-order valence-corrected chi connectivity index (χ3v) is 5.54. The molecule has 1 aliphatic rings. The normalized spacial score (nSPS) is 13.7. The Morgan fingerprint density at radius 3 is 2.41 bits per heavy atom. The molecule has 146 valence electrons. The minimum Gasteiger partial charge on any atom is -0.397 e. The molecule has 0 unspecified atom stereocenters. The number of carbonyl (C=O) groups is 2. The van der Waals surface area contributed by atoms with E-state index in [1.54, 1.807) is 24.3 Å². The summed E-state index contributed by atoms with van der Waals surface area (Å²) in [6.45, 7) is 0. The Hall–Kier alpha value is -3.38. The van der Waals surface area contributed by atoms with Crippen molar-refractivity contribution >= 4 is 46.2 Å². The highest BCUT2D eigenvalue weighted by molar-refractivity contribution is 7.11. The summed E-state index contributed by atoms with van der Waals surface area (Å²) in [5.74, 6) is -0.292. The third-order valence-electron chi connectivity index (χ3n) is 4.64. The fraction of sp³-hybridized carbons (Fsp3) is 0.130. The predicted octanol–water partition coefficient (Wildman–Crippen LogP) is 4.40. The molecule has 0 bridgehead atoms. The molecule has 0 saturated heterocycles. The molecule has 0 aliphatic heterocycles. The van der Waals surface area contributed by atoms with E-state index in [0.29, 0.717) is 28.6 Å². The molecular weight excluding hydrogens is 382 g/mol. The molecule has 5 nitrogen and oxygen atoms in total. The lowest BCUT2D eigenvalue weighted by Gasteiger charge is -2.09. The van der Waals surface area contributed by atoms with Crippen LogP contribution in [0.15, 0.2) is 66.0 Å². The van der Waals surface area contributed by atoms with Crippen molar-refractivity contribution in [2.24, 2.45) is 0 Å². The number of nitrogen functional groups attached to an aromatic ring is 1. The molecule has 1 heterocycles. The first kappa shape index (κ1) is 19.0. The summed E-state index contributed by atoms with van der Waals surface area (Å²) in [6.07, 6.45) is 3.94. The first-order valence-corrected chi connectivity index (χ1v) is 10.3. The van der Waals surface area contributed by atoms with E-state index < -0.39 is 0 Å². The van der Waals surface area contributed by atoms with Gasteiger partial charge >= 0.3 is 0 Å². The smallest absolute Gasteiger partial charge is 0.255 e. The Balaban J connectivity index is 1.53. The molecule has 1 aliphatic carbocycles. The Morgan fingerprint density at radius 2 is 1.76 bits per heavy atom. The molecule has 0 spiro atoms. The van der Waals surface area contributed by atoms with Crippen LogP contribution < -0.4 is 16.4 Å². The Morgan fingerprint density at radius 1 is 1.00 bits per heavy atom. The van der Waals surface area contributed by atoms with Gasteiger partial charge < -0.3 is 16.4 Å². The lowest BCUT2D eigenvalue weighted by molar-refractivity contribution is -0.115.